The number of methoxy groups -OCH3 is 1. The number of ether oxygens (including phenoxy) is 1. The molecule has 21 heavy (non-hydrogen) atoms. The minimum atomic E-state index is 0.0242. The lowest BCUT2D eigenvalue weighted by Crippen LogP contribution is -2.34. The first-order valence-electron chi connectivity index (χ1n) is 6.93. The Morgan fingerprint density at radius 3 is 2.62 bits per heavy atom. The van der Waals surface area contributed by atoms with Gasteiger partial charge in [-0.3, -0.25) is 0 Å². The van der Waals surface area contributed by atoms with Crippen LogP contribution in [0, 0.1) is 0 Å². The number of aliphatic hydroxyl groups excluding tert-OH is 1. The molecule has 0 heterocycles. The minimum absolute atomic E-state index is 0.0242. The second-order valence-corrected chi connectivity index (χ2v) is 5.82. The minimum Gasteiger partial charge on any atom is -0.496 e. The van der Waals surface area contributed by atoms with Crippen molar-refractivity contribution < 1.29 is 9.84 Å². The molecule has 2 N–H and O–H groups in total. The summed E-state index contributed by atoms with van der Waals surface area (Å²) in [6, 6.07) is 16.1. The van der Waals surface area contributed by atoms with Crippen LogP contribution >= 0.6 is 15.9 Å². The maximum atomic E-state index is 9.54. The molecule has 0 saturated heterocycles. The highest BCUT2D eigenvalue weighted by atomic mass is 79.9. The molecule has 2 aromatic rings. The Balaban J connectivity index is 1.98. The van der Waals surface area contributed by atoms with Crippen LogP contribution in [0.2, 0.25) is 0 Å². The van der Waals surface area contributed by atoms with Gasteiger partial charge in [0, 0.05) is 22.6 Å². The van der Waals surface area contributed by atoms with Crippen molar-refractivity contribution in [1.29, 1.82) is 0 Å². The monoisotopic (exact) mass is 349 g/mol. The highest BCUT2D eigenvalue weighted by Crippen LogP contribution is 2.22. The standard InChI is InChI=1S/C17H20BrNO2/c1-21-17-8-7-15(18)10-14(17)11-19-16(12-20)9-13-5-3-2-4-6-13/h2-8,10,16,19-20H,9,11-12H2,1H3/t16-/m1/s1. The zero-order chi connectivity index (χ0) is 15.1. The molecule has 2 rings (SSSR count). The van der Waals surface area contributed by atoms with Crippen molar-refractivity contribution in [3.05, 3.63) is 64.1 Å². The van der Waals surface area contributed by atoms with E-state index >= 15 is 0 Å². The van der Waals surface area contributed by atoms with Crippen molar-refractivity contribution >= 4 is 15.9 Å². The average Bonchev–Trinajstić information content (AvgIpc) is 2.52. The fraction of sp³-hybridized carbons (Fsp3) is 0.294. The van der Waals surface area contributed by atoms with Crippen molar-refractivity contribution in [2.75, 3.05) is 13.7 Å². The van der Waals surface area contributed by atoms with Gasteiger partial charge in [0.2, 0.25) is 0 Å². The quantitative estimate of drug-likeness (QED) is 0.806. The molecule has 1 atom stereocenters. The smallest absolute Gasteiger partial charge is 0.123 e. The van der Waals surface area contributed by atoms with Crippen LogP contribution in [0.4, 0.5) is 0 Å². The molecule has 0 aliphatic rings. The van der Waals surface area contributed by atoms with E-state index in [1.807, 2.05) is 36.4 Å². The number of hydrogen-bond donors (Lipinski definition) is 2. The van der Waals surface area contributed by atoms with Crippen LogP contribution in [0.3, 0.4) is 0 Å². The predicted octanol–water partition coefficient (Wildman–Crippen LogP) is 3.15. The first-order valence-corrected chi connectivity index (χ1v) is 7.73. The van der Waals surface area contributed by atoms with Crippen LogP contribution < -0.4 is 10.1 Å². The Morgan fingerprint density at radius 2 is 1.95 bits per heavy atom. The molecule has 4 heteroatoms. The summed E-state index contributed by atoms with van der Waals surface area (Å²) in [7, 11) is 1.67. The summed E-state index contributed by atoms with van der Waals surface area (Å²) < 4.78 is 6.38. The van der Waals surface area contributed by atoms with E-state index in [4.69, 9.17) is 4.74 Å². The second kappa shape index (κ2) is 8.17. The Hall–Kier alpha value is -1.36. The second-order valence-electron chi connectivity index (χ2n) is 4.91. The van der Waals surface area contributed by atoms with E-state index in [0.29, 0.717) is 6.54 Å². The summed E-state index contributed by atoms with van der Waals surface area (Å²) in [5.74, 6) is 0.849. The third-order valence-electron chi connectivity index (χ3n) is 3.37. The van der Waals surface area contributed by atoms with Gasteiger partial charge in [0.25, 0.3) is 0 Å². The molecule has 0 aliphatic carbocycles. The van der Waals surface area contributed by atoms with Gasteiger partial charge in [-0.2, -0.15) is 0 Å². The molecule has 0 fully saturated rings. The van der Waals surface area contributed by atoms with Crippen molar-refractivity contribution in [2.45, 2.75) is 19.0 Å². The highest BCUT2D eigenvalue weighted by molar-refractivity contribution is 9.10. The van der Waals surface area contributed by atoms with Gasteiger partial charge in [0.05, 0.1) is 13.7 Å². The van der Waals surface area contributed by atoms with E-state index in [1.54, 1.807) is 7.11 Å². The van der Waals surface area contributed by atoms with Crippen LogP contribution in [0.15, 0.2) is 53.0 Å². The van der Waals surface area contributed by atoms with Gasteiger partial charge in [-0.15, -0.1) is 0 Å². The van der Waals surface area contributed by atoms with Gasteiger partial charge in [0.1, 0.15) is 5.75 Å². The number of aliphatic hydroxyl groups is 1. The first-order chi connectivity index (χ1) is 10.2. The number of benzene rings is 2. The van der Waals surface area contributed by atoms with Crippen LogP contribution in [-0.4, -0.2) is 24.9 Å². The topological polar surface area (TPSA) is 41.5 Å². The van der Waals surface area contributed by atoms with Crippen LogP contribution in [0.1, 0.15) is 11.1 Å². The molecule has 2 aromatic carbocycles. The molecule has 0 aliphatic heterocycles. The summed E-state index contributed by atoms with van der Waals surface area (Å²) in [6.07, 6.45) is 0.799. The third-order valence-corrected chi connectivity index (χ3v) is 3.86. The van der Waals surface area contributed by atoms with E-state index in [1.165, 1.54) is 5.56 Å². The fourth-order valence-electron chi connectivity index (χ4n) is 2.24. The van der Waals surface area contributed by atoms with E-state index < -0.39 is 0 Å². The summed E-state index contributed by atoms with van der Waals surface area (Å²) >= 11 is 3.47. The lowest BCUT2D eigenvalue weighted by molar-refractivity contribution is 0.240. The summed E-state index contributed by atoms with van der Waals surface area (Å²) in [4.78, 5) is 0. The maximum Gasteiger partial charge on any atom is 0.123 e. The molecule has 0 radical (unpaired) electrons. The summed E-state index contributed by atoms with van der Waals surface area (Å²) in [5, 5.41) is 12.9. The van der Waals surface area contributed by atoms with Crippen molar-refractivity contribution in [3.63, 3.8) is 0 Å². The van der Waals surface area contributed by atoms with E-state index in [9.17, 15) is 5.11 Å². The third kappa shape index (κ3) is 4.84. The number of halogens is 1. The molecule has 0 aromatic heterocycles. The van der Waals surface area contributed by atoms with Crippen molar-refractivity contribution in [3.8, 4) is 5.75 Å². The van der Waals surface area contributed by atoms with Gasteiger partial charge >= 0.3 is 0 Å². The fourth-order valence-corrected chi connectivity index (χ4v) is 2.65. The predicted molar refractivity (Wildman–Crippen MR) is 88.6 cm³/mol. The van der Waals surface area contributed by atoms with Crippen molar-refractivity contribution in [1.82, 2.24) is 5.32 Å². The largest absolute Gasteiger partial charge is 0.496 e. The SMILES string of the molecule is COc1ccc(Br)cc1CN[C@@H](CO)Cc1ccccc1. The molecule has 0 spiro atoms. The first kappa shape index (κ1) is 16.0. The lowest BCUT2D eigenvalue weighted by Gasteiger charge is -2.18. The Kier molecular flexibility index (Phi) is 6.23. The molecule has 0 bridgehead atoms. The molecule has 3 nitrogen and oxygen atoms in total. The molecule has 0 amide bonds. The zero-order valence-corrected chi connectivity index (χ0v) is 13.6. The average molecular weight is 350 g/mol. The van der Waals surface area contributed by atoms with E-state index in [-0.39, 0.29) is 12.6 Å². The van der Waals surface area contributed by atoms with Crippen molar-refractivity contribution in [2.24, 2.45) is 0 Å². The molecular formula is C17H20BrNO2. The van der Waals surface area contributed by atoms with E-state index in [2.05, 4.69) is 33.4 Å². The van der Waals surface area contributed by atoms with E-state index in [0.717, 1.165) is 22.2 Å². The Morgan fingerprint density at radius 1 is 1.19 bits per heavy atom. The van der Waals surface area contributed by atoms with Crippen LogP contribution in [0.25, 0.3) is 0 Å². The van der Waals surface area contributed by atoms with Gasteiger partial charge < -0.3 is 15.2 Å². The highest BCUT2D eigenvalue weighted by Gasteiger charge is 2.10. The number of nitrogens with one attached hydrogen (secondary N) is 1. The molecule has 112 valence electrons. The summed E-state index contributed by atoms with van der Waals surface area (Å²) in [5.41, 5.74) is 2.28. The molecule has 0 saturated carbocycles. The van der Waals surface area contributed by atoms with Crippen LogP contribution in [0.5, 0.6) is 5.75 Å². The normalized spacial score (nSPS) is 12.1. The summed E-state index contributed by atoms with van der Waals surface area (Å²) in [6.45, 7) is 0.756. The zero-order valence-electron chi connectivity index (χ0n) is 12.1. The van der Waals surface area contributed by atoms with Gasteiger partial charge in [-0.1, -0.05) is 46.3 Å². The Bertz CT molecular complexity index is 560. The number of rotatable bonds is 7. The van der Waals surface area contributed by atoms with Gasteiger partial charge in [0.15, 0.2) is 0 Å². The van der Waals surface area contributed by atoms with Crippen LogP contribution in [-0.2, 0) is 13.0 Å². The molecule has 0 unspecified atom stereocenters. The van der Waals surface area contributed by atoms with Gasteiger partial charge in [-0.25, -0.2) is 0 Å². The number of hydrogen-bond acceptors (Lipinski definition) is 3. The lowest BCUT2D eigenvalue weighted by atomic mass is 10.1. The molecular weight excluding hydrogens is 330 g/mol. The Labute approximate surface area is 134 Å². The maximum absolute atomic E-state index is 9.54. The van der Waals surface area contributed by atoms with Gasteiger partial charge in [-0.05, 0) is 30.2 Å².